The van der Waals surface area contributed by atoms with Crippen LogP contribution < -0.4 is 0 Å². The van der Waals surface area contributed by atoms with Crippen molar-refractivity contribution in [3.8, 4) is 0 Å². The number of rotatable bonds is 5. The fourth-order valence-corrected chi connectivity index (χ4v) is 3.46. The summed E-state index contributed by atoms with van der Waals surface area (Å²) in [7, 11) is 0. The lowest BCUT2D eigenvalue weighted by atomic mass is 9.82. The van der Waals surface area contributed by atoms with Crippen LogP contribution in [0.1, 0.15) is 51.9 Å². The molecule has 1 N–H and O–H groups in total. The molecule has 114 valence electrons. The molecule has 2 aliphatic rings. The van der Waals surface area contributed by atoms with E-state index in [2.05, 4.69) is 0 Å². The second-order valence-corrected chi connectivity index (χ2v) is 6.03. The average molecular weight is 283 g/mol. The van der Waals surface area contributed by atoms with Crippen molar-refractivity contribution in [2.75, 3.05) is 19.7 Å². The zero-order valence-corrected chi connectivity index (χ0v) is 12.3. The summed E-state index contributed by atoms with van der Waals surface area (Å²) >= 11 is 0. The number of carbonyl (C=O) groups is 2. The number of likely N-dealkylation sites (tertiary alicyclic amines) is 1. The zero-order valence-electron chi connectivity index (χ0n) is 12.3. The van der Waals surface area contributed by atoms with E-state index in [9.17, 15) is 14.7 Å². The Balaban J connectivity index is 1.95. The molecule has 0 aromatic heterocycles. The van der Waals surface area contributed by atoms with Crippen molar-refractivity contribution in [3.05, 3.63) is 0 Å². The molecule has 1 aliphatic heterocycles. The van der Waals surface area contributed by atoms with Crippen molar-refractivity contribution < 1.29 is 19.4 Å². The number of nitrogens with zero attached hydrogens (tertiary/aromatic N) is 1. The minimum absolute atomic E-state index is 0.0151. The van der Waals surface area contributed by atoms with E-state index in [0.29, 0.717) is 26.0 Å². The smallest absolute Gasteiger partial charge is 0.310 e. The Morgan fingerprint density at radius 3 is 2.60 bits per heavy atom. The molecule has 1 heterocycles. The molecule has 2 fully saturated rings. The van der Waals surface area contributed by atoms with Gasteiger partial charge in [-0.3, -0.25) is 9.59 Å². The lowest BCUT2D eigenvalue weighted by Crippen LogP contribution is -2.45. The summed E-state index contributed by atoms with van der Waals surface area (Å²) < 4.78 is 5.60. The highest BCUT2D eigenvalue weighted by Gasteiger charge is 2.44. The van der Waals surface area contributed by atoms with Crippen LogP contribution in [0.25, 0.3) is 0 Å². The quantitative estimate of drug-likeness (QED) is 0.838. The molecule has 1 aliphatic carbocycles. The highest BCUT2D eigenvalue weighted by molar-refractivity contribution is 5.85. The van der Waals surface area contributed by atoms with Crippen LogP contribution in [0.2, 0.25) is 0 Å². The van der Waals surface area contributed by atoms with E-state index in [1.54, 1.807) is 4.90 Å². The Hall–Kier alpha value is -1.10. The summed E-state index contributed by atoms with van der Waals surface area (Å²) in [5.41, 5.74) is -0.810. The fraction of sp³-hybridized carbons (Fsp3) is 0.867. The Morgan fingerprint density at radius 2 is 2.00 bits per heavy atom. The van der Waals surface area contributed by atoms with E-state index in [-0.39, 0.29) is 18.4 Å². The van der Waals surface area contributed by atoms with E-state index < -0.39 is 11.4 Å². The van der Waals surface area contributed by atoms with Gasteiger partial charge in [-0.05, 0) is 32.6 Å². The second kappa shape index (κ2) is 6.57. The van der Waals surface area contributed by atoms with Gasteiger partial charge in [0.1, 0.15) is 0 Å². The maximum atomic E-state index is 12.4. The van der Waals surface area contributed by atoms with E-state index >= 15 is 0 Å². The largest absolute Gasteiger partial charge is 0.481 e. The molecule has 1 saturated heterocycles. The molecule has 5 nitrogen and oxygen atoms in total. The topological polar surface area (TPSA) is 66.8 Å². The molecule has 0 spiro atoms. The number of aliphatic carboxylic acids is 1. The number of amides is 1. The number of hydrogen-bond donors (Lipinski definition) is 1. The van der Waals surface area contributed by atoms with Crippen molar-refractivity contribution in [1.82, 2.24) is 4.90 Å². The minimum Gasteiger partial charge on any atom is -0.481 e. The summed E-state index contributed by atoms with van der Waals surface area (Å²) in [6.45, 7) is 3.96. The Kier molecular flexibility index (Phi) is 5.02. The lowest BCUT2D eigenvalue weighted by molar-refractivity contribution is -0.154. The first-order valence-electron chi connectivity index (χ1n) is 7.70. The second-order valence-electron chi connectivity index (χ2n) is 6.03. The summed E-state index contributed by atoms with van der Waals surface area (Å²) in [5.74, 6) is -0.819. The van der Waals surface area contributed by atoms with Crippen LogP contribution in [0.15, 0.2) is 0 Å². The third-order valence-corrected chi connectivity index (χ3v) is 4.64. The van der Waals surface area contributed by atoms with E-state index in [1.165, 1.54) is 0 Å². The molecular weight excluding hydrogens is 258 g/mol. The summed E-state index contributed by atoms with van der Waals surface area (Å²) in [4.78, 5) is 25.7. The number of piperidine rings is 1. The Bertz CT molecular complexity index is 361. The summed E-state index contributed by atoms with van der Waals surface area (Å²) in [6, 6.07) is 0. The van der Waals surface area contributed by atoms with Gasteiger partial charge >= 0.3 is 5.97 Å². The molecule has 0 radical (unpaired) electrons. The van der Waals surface area contributed by atoms with Crippen LogP contribution in [0.4, 0.5) is 0 Å². The monoisotopic (exact) mass is 283 g/mol. The Labute approximate surface area is 120 Å². The predicted octanol–water partition coefficient (Wildman–Crippen LogP) is 2.05. The van der Waals surface area contributed by atoms with Gasteiger partial charge < -0.3 is 14.7 Å². The van der Waals surface area contributed by atoms with Gasteiger partial charge in [0.2, 0.25) is 5.91 Å². The Morgan fingerprint density at radius 1 is 1.30 bits per heavy atom. The van der Waals surface area contributed by atoms with Gasteiger partial charge in [-0.25, -0.2) is 0 Å². The van der Waals surface area contributed by atoms with E-state index in [0.717, 1.165) is 32.2 Å². The van der Waals surface area contributed by atoms with Gasteiger partial charge in [0.05, 0.1) is 11.5 Å². The number of ether oxygens (including phenoxy) is 1. The summed E-state index contributed by atoms with van der Waals surface area (Å²) in [5, 5.41) is 9.45. The highest BCUT2D eigenvalue weighted by atomic mass is 16.5. The van der Waals surface area contributed by atoms with Gasteiger partial charge in [-0.15, -0.1) is 0 Å². The molecule has 1 saturated carbocycles. The molecule has 2 rings (SSSR count). The molecule has 0 aromatic rings. The SMILES string of the molecule is CCOC1CCCN(C(=O)CC2(C(=O)O)CCCC2)C1. The average Bonchev–Trinajstić information content (AvgIpc) is 2.89. The minimum atomic E-state index is -0.810. The van der Waals surface area contributed by atoms with Gasteiger partial charge in [0.15, 0.2) is 0 Å². The van der Waals surface area contributed by atoms with Crippen LogP contribution >= 0.6 is 0 Å². The van der Waals surface area contributed by atoms with Crippen molar-refractivity contribution in [1.29, 1.82) is 0 Å². The third kappa shape index (κ3) is 3.32. The first-order chi connectivity index (χ1) is 9.57. The number of carbonyl (C=O) groups excluding carboxylic acids is 1. The van der Waals surface area contributed by atoms with Crippen molar-refractivity contribution in [3.63, 3.8) is 0 Å². The molecule has 1 amide bonds. The van der Waals surface area contributed by atoms with Gasteiger partial charge in [-0.1, -0.05) is 12.8 Å². The maximum Gasteiger partial charge on any atom is 0.310 e. The van der Waals surface area contributed by atoms with Crippen LogP contribution in [-0.4, -0.2) is 47.7 Å². The fourth-order valence-electron chi connectivity index (χ4n) is 3.46. The van der Waals surface area contributed by atoms with E-state index in [1.807, 2.05) is 6.92 Å². The lowest BCUT2D eigenvalue weighted by Gasteiger charge is -2.34. The zero-order chi connectivity index (χ0) is 14.6. The van der Waals surface area contributed by atoms with Crippen LogP contribution in [0, 0.1) is 5.41 Å². The number of hydrogen-bond acceptors (Lipinski definition) is 3. The van der Waals surface area contributed by atoms with Gasteiger partial charge in [0.25, 0.3) is 0 Å². The van der Waals surface area contributed by atoms with Gasteiger partial charge in [-0.2, -0.15) is 0 Å². The standard InChI is InChI=1S/C15H25NO4/c1-2-20-12-6-5-9-16(11-12)13(17)10-15(14(18)19)7-3-4-8-15/h12H,2-11H2,1H3,(H,18,19). The number of carboxylic acid groups (broad SMARTS) is 1. The first-order valence-corrected chi connectivity index (χ1v) is 7.70. The van der Waals surface area contributed by atoms with Crippen LogP contribution in [0.3, 0.4) is 0 Å². The summed E-state index contributed by atoms with van der Waals surface area (Å²) in [6.07, 6.45) is 5.30. The van der Waals surface area contributed by atoms with Crippen molar-refractivity contribution in [2.24, 2.45) is 5.41 Å². The van der Waals surface area contributed by atoms with E-state index in [4.69, 9.17) is 4.74 Å². The predicted molar refractivity (Wildman–Crippen MR) is 74.4 cm³/mol. The molecule has 20 heavy (non-hydrogen) atoms. The third-order valence-electron chi connectivity index (χ3n) is 4.64. The maximum absolute atomic E-state index is 12.4. The normalized spacial score (nSPS) is 25.6. The molecule has 0 bridgehead atoms. The molecule has 1 atom stereocenters. The number of carboxylic acids is 1. The molecule has 0 aromatic carbocycles. The van der Waals surface area contributed by atoms with Crippen LogP contribution in [0.5, 0.6) is 0 Å². The molecule has 5 heteroatoms. The highest BCUT2D eigenvalue weighted by Crippen LogP contribution is 2.41. The molecular formula is C15H25NO4. The van der Waals surface area contributed by atoms with Gasteiger partial charge in [0, 0.05) is 26.1 Å². The van der Waals surface area contributed by atoms with Crippen molar-refractivity contribution >= 4 is 11.9 Å². The van der Waals surface area contributed by atoms with Crippen LogP contribution in [-0.2, 0) is 14.3 Å². The first kappa shape index (κ1) is 15.3. The molecule has 1 unspecified atom stereocenters. The van der Waals surface area contributed by atoms with Crippen molar-refractivity contribution in [2.45, 2.75) is 58.0 Å².